The van der Waals surface area contributed by atoms with E-state index in [0.29, 0.717) is 29.6 Å². The molecule has 0 aliphatic rings. The number of ether oxygens (including phenoxy) is 1. The molecule has 0 saturated carbocycles. The third-order valence-corrected chi connectivity index (χ3v) is 9.30. The van der Waals surface area contributed by atoms with Crippen molar-refractivity contribution in [3.63, 3.8) is 0 Å². The van der Waals surface area contributed by atoms with Crippen molar-refractivity contribution in [1.29, 1.82) is 0 Å². The van der Waals surface area contributed by atoms with E-state index in [9.17, 15) is 15.0 Å². The predicted molar refractivity (Wildman–Crippen MR) is 177 cm³/mol. The Bertz CT molecular complexity index is 1730. The summed E-state index contributed by atoms with van der Waals surface area (Å²) < 4.78 is 6.18. The number of aryl methyl sites for hydroxylation is 1. The molecule has 0 radical (unpaired) electrons. The van der Waals surface area contributed by atoms with Crippen molar-refractivity contribution in [2.75, 3.05) is 5.75 Å². The van der Waals surface area contributed by atoms with Crippen LogP contribution in [-0.4, -0.2) is 21.8 Å². The van der Waals surface area contributed by atoms with Crippen molar-refractivity contribution in [2.24, 2.45) is 0 Å². The van der Waals surface area contributed by atoms with Crippen molar-refractivity contribution < 1.29 is 49.3 Å². The van der Waals surface area contributed by atoms with Gasteiger partial charge in [-0.1, -0.05) is 90.5 Å². The van der Waals surface area contributed by atoms with Crippen LogP contribution in [0.5, 0.6) is 5.75 Å². The monoisotopic (exact) mass is 647 g/mol. The quantitative estimate of drug-likeness (QED) is 0.188. The molecule has 0 spiro atoms. The second-order valence-electron chi connectivity index (χ2n) is 11.4. The van der Waals surface area contributed by atoms with Gasteiger partial charge in [0.05, 0.1) is 16.8 Å². The number of hydrogen-bond acceptors (Lipinski definition) is 6. The zero-order chi connectivity index (χ0) is 31.1. The first kappa shape index (κ1) is 35.0. The van der Waals surface area contributed by atoms with Crippen molar-refractivity contribution >= 4 is 40.2 Å². The molecule has 0 amide bonds. The van der Waals surface area contributed by atoms with Crippen LogP contribution in [0.2, 0.25) is 5.02 Å². The number of carboxylic acids is 1. The van der Waals surface area contributed by atoms with Gasteiger partial charge in [0.2, 0.25) is 0 Å². The number of thioether (sulfide) groups is 1. The standard InChI is InChI=1S/C37H36ClNO4S.Na/c1-37(2,42)33-14-7-6-11-26(33)17-20-35(44-24-32(36(40)41)25-9-4-3-5-10-25)28-12-8-13-31(21-28)43-23-30-19-16-27-15-18-29(38)22-34(27)39-30;/h3-16,18-19,21-22,32,35,42H,17,20,23-24H2,1-2H3,(H,40,41);/q;+1/p-1/t32?,35-;/m0./s1. The van der Waals surface area contributed by atoms with Gasteiger partial charge in [-0.15, -0.1) is 0 Å². The second-order valence-corrected chi connectivity index (χ2v) is 13.0. The SMILES string of the molecule is CC(C)(O)c1ccccc1CC[C@H](SCC(C(=O)[O-])c1ccccc1)c1cccc(OCc2ccc3ccc(Cl)cc3n2)c1.[Na+]. The van der Waals surface area contributed by atoms with E-state index in [0.717, 1.165) is 45.3 Å². The van der Waals surface area contributed by atoms with Crippen molar-refractivity contribution in [2.45, 2.75) is 50.1 Å². The summed E-state index contributed by atoms with van der Waals surface area (Å²) in [6.07, 6.45) is 1.45. The number of aliphatic hydroxyl groups is 1. The van der Waals surface area contributed by atoms with Crippen LogP contribution in [0.1, 0.15) is 59.4 Å². The molecule has 0 bridgehead atoms. The number of aromatic nitrogens is 1. The maximum atomic E-state index is 12.2. The van der Waals surface area contributed by atoms with Crippen LogP contribution in [0.25, 0.3) is 10.9 Å². The van der Waals surface area contributed by atoms with Crippen molar-refractivity contribution in [3.8, 4) is 5.75 Å². The molecule has 4 aromatic carbocycles. The molecule has 5 nitrogen and oxygen atoms in total. The summed E-state index contributed by atoms with van der Waals surface area (Å²) in [4.78, 5) is 16.9. The molecule has 0 fully saturated rings. The van der Waals surface area contributed by atoms with Gasteiger partial charge in [0.1, 0.15) is 12.4 Å². The summed E-state index contributed by atoms with van der Waals surface area (Å²) in [6.45, 7) is 3.88. The summed E-state index contributed by atoms with van der Waals surface area (Å²) in [7, 11) is 0. The number of carbonyl (C=O) groups is 1. The van der Waals surface area contributed by atoms with E-state index in [2.05, 4.69) is 6.07 Å². The van der Waals surface area contributed by atoms with E-state index >= 15 is 0 Å². The summed E-state index contributed by atoms with van der Waals surface area (Å²) in [5.74, 6) is -0.758. The van der Waals surface area contributed by atoms with Gasteiger partial charge in [-0.25, -0.2) is 4.98 Å². The normalized spacial score (nSPS) is 12.7. The predicted octanol–water partition coefficient (Wildman–Crippen LogP) is 4.64. The number of benzene rings is 4. The summed E-state index contributed by atoms with van der Waals surface area (Å²) in [6, 6.07) is 34.7. The van der Waals surface area contributed by atoms with E-state index < -0.39 is 17.5 Å². The minimum atomic E-state index is -1.09. The number of halogens is 1. The summed E-state index contributed by atoms with van der Waals surface area (Å²) in [5.41, 5.74) is 4.36. The van der Waals surface area contributed by atoms with Gasteiger partial charge in [0, 0.05) is 33.3 Å². The van der Waals surface area contributed by atoms with Crippen LogP contribution >= 0.6 is 23.4 Å². The average molecular weight is 648 g/mol. The van der Waals surface area contributed by atoms with Gasteiger partial charge in [0.25, 0.3) is 0 Å². The van der Waals surface area contributed by atoms with Gasteiger partial charge in [-0.05, 0) is 79.3 Å². The fraction of sp³-hybridized carbons (Fsp3) is 0.243. The van der Waals surface area contributed by atoms with Gasteiger partial charge in [-0.2, -0.15) is 11.8 Å². The largest absolute Gasteiger partial charge is 1.00 e. The van der Waals surface area contributed by atoms with Crippen molar-refractivity contribution in [1.82, 2.24) is 4.98 Å². The molecular formula is C37H35ClNNaO4S. The Kier molecular flexibility index (Phi) is 12.6. The average Bonchev–Trinajstić information content (AvgIpc) is 3.01. The Balaban J connectivity index is 0.00000461. The Morgan fingerprint density at radius 2 is 1.64 bits per heavy atom. The molecule has 45 heavy (non-hydrogen) atoms. The smallest absolute Gasteiger partial charge is 0.549 e. The first-order valence-corrected chi connectivity index (χ1v) is 16.1. The molecule has 1 heterocycles. The molecule has 5 rings (SSSR count). The molecule has 2 atom stereocenters. The summed E-state index contributed by atoms with van der Waals surface area (Å²) in [5, 5.41) is 24.6. The van der Waals surface area contributed by atoms with E-state index in [4.69, 9.17) is 21.3 Å². The van der Waals surface area contributed by atoms with Crippen molar-refractivity contribution in [3.05, 3.63) is 142 Å². The number of fused-ring (bicyclic) bond motifs is 1. The van der Waals surface area contributed by atoms with Gasteiger partial charge >= 0.3 is 29.6 Å². The second kappa shape index (κ2) is 16.1. The maximum absolute atomic E-state index is 12.2. The topological polar surface area (TPSA) is 82.5 Å². The van der Waals surface area contributed by atoms with E-state index in [1.54, 1.807) is 25.6 Å². The van der Waals surface area contributed by atoms with Crippen LogP contribution in [0, 0.1) is 0 Å². The zero-order valence-electron chi connectivity index (χ0n) is 25.8. The number of carboxylic acid groups (broad SMARTS) is 1. The van der Waals surface area contributed by atoms with Crippen LogP contribution in [0.4, 0.5) is 0 Å². The van der Waals surface area contributed by atoms with Crippen LogP contribution in [-0.2, 0) is 23.4 Å². The van der Waals surface area contributed by atoms with E-state index in [1.807, 2.05) is 103 Å². The Hall–Kier alpha value is -2.84. The Morgan fingerprint density at radius 3 is 2.40 bits per heavy atom. The molecule has 0 aliphatic heterocycles. The number of rotatable bonds is 13. The molecular weight excluding hydrogens is 613 g/mol. The molecule has 5 aromatic rings. The molecule has 0 aliphatic carbocycles. The van der Waals surface area contributed by atoms with Crippen LogP contribution in [0.15, 0.2) is 109 Å². The third-order valence-electron chi connectivity index (χ3n) is 7.63. The van der Waals surface area contributed by atoms with Gasteiger partial charge in [-0.3, -0.25) is 0 Å². The third kappa shape index (κ3) is 9.58. The number of carbonyl (C=O) groups excluding carboxylic acids is 1. The van der Waals surface area contributed by atoms with Crippen LogP contribution in [0.3, 0.4) is 0 Å². The van der Waals surface area contributed by atoms with Gasteiger partial charge < -0.3 is 19.7 Å². The number of hydrogen-bond donors (Lipinski definition) is 1. The summed E-state index contributed by atoms with van der Waals surface area (Å²) >= 11 is 7.76. The minimum absolute atomic E-state index is 0. The number of aliphatic carboxylic acids is 1. The molecule has 1 N–H and O–H groups in total. The number of pyridine rings is 1. The Labute approximate surface area is 296 Å². The van der Waals surface area contributed by atoms with Crippen LogP contribution < -0.4 is 39.4 Å². The zero-order valence-corrected chi connectivity index (χ0v) is 29.4. The fourth-order valence-electron chi connectivity index (χ4n) is 5.34. The Morgan fingerprint density at radius 1 is 0.933 bits per heavy atom. The minimum Gasteiger partial charge on any atom is -0.549 e. The molecule has 0 saturated heterocycles. The molecule has 226 valence electrons. The number of nitrogens with zero attached hydrogens (tertiary/aromatic N) is 1. The maximum Gasteiger partial charge on any atom is 1.00 e. The molecule has 1 aromatic heterocycles. The fourth-order valence-corrected chi connectivity index (χ4v) is 6.88. The van der Waals surface area contributed by atoms with E-state index in [1.165, 1.54) is 0 Å². The first-order valence-electron chi connectivity index (χ1n) is 14.6. The van der Waals surface area contributed by atoms with E-state index in [-0.39, 0.29) is 34.8 Å². The first-order chi connectivity index (χ1) is 21.2. The van der Waals surface area contributed by atoms with Gasteiger partial charge in [0.15, 0.2) is 0 Å². The molecule has 1 unspecified atom stereocenters. The molecule has 8 heteroatoms.